The number of carbonyl (C=O) groups excluding carboxylic acids is 2. The van der Waals surface area contributed by atoms with Crippen LogP contribution in [0.1, 0.15) is 39.0 Å². The van der Waals surface area contributed by atoms with Crippen LogP contribution in [0.2, 0.25) is 0 Å². The van der Waals surface area contributed by atoms with Gasteiger partial charge in [-0.3, -0.25) is 14.9 Å². The van der Waals surface area contributed by atoms with Crippen LogP contribution in [-0.2, 0) is 14.3 Å². The highest BCUT2D eigenvalue weighted by atomic mass is 16.6. The van der Waals surface area contributed by atoms with Crippen molar-refractivity contribution in [3.8, 4) is 0 Å². The van der Waals surface area contributed by atoms with Crippen molar-refractivity contribution >= 4 is 12.2 Å². The van der Waals surface area contributed by atoms with Gasteiger partial charge in [-0.05, 0) is 6.42 Å². The van der Waals surface area contributed by atoms with E-state index in [4.69, 9.17) is 10.5 Å². The van der Waals surface area contributed by atoms with Crippen molar-refractivity contribution in [3.63, 3.8) is 0 Å². The normalized spacial score (nSPS) is 13.8. The third kappa shape index (κ3) is 7.72. The number of carbonyl (C=O) groups is 2. The molecule has 18 heavy (non-hydrogen) atoms. The molecule has 0 fully saturated rings. The first-order valence-electron chi connectivity index (χ1n) is 5.99. The smallest absolute Gasteiger partial charge is 0.224 e. The van der Waals surface area contributed by atoms with Gasteiger partial charge in [-0.15, -0.1) is 0 Å². The zero-order valence-electron chi connectivity index (χ0n) is 10.5. The lowest BCUT2D eigenvalue weighted by Crippen LogP contribution is -2.32. The number of hydrogen-bond donors (Lipinski definition) is 1. The molecule has 104 valence electrons. The van der Waals surface area contributed by atoms with Gasteiger partial charge >= 0.3 is 0 Å². The lowest BCUT2D eigenvalue weighted by Gasteiger charge is -2.14. The quantitative estimate of drug-likeness (QED) is 0.254. The van der Waals surface area contributed by atoms with E-state index in [2.05, 4.69) is 0 Å². The summed E-state index contributed by atoms with van der Waals surface area (Å²) in [5, 5.41) is 10.7. The molecule has 1 amide bonds. The number of primary amides is 1. The molecule has 0 bridgehead atoms. The largest absolute Gasteiger partial charge is 0.370 e. The van der Waals surface area contributed by atoms with Crippen LogP contribution in [-0.4, -0.2) is 35.9 Å². The van der Waals surface area contributed by atoms with Crippen LogP contribution in [0.15, 0.2) is 0 Å². The molecule has 0 saturated heterocycles. The number of ether oxygens (including phenoxy) is 1. The summed E-state index contributed by atoms with van der Waals surface area (Å²) in [6.45, 7) is 2.42. The molecule has 0 aliphatic carbocycles. The summed E-state index contributed by atoms with van der Waals surface area (Å²) < 4.78 is 5.23. The molecule has 0 aromatic heterocycles. The average molecular weight is 260 g/mol. The lowest BCUT2D eigenvalue weighted by atomic mass is 10.1. The fourth-order valence-corrected chi connectivity index (χ4v) is 1.49. The maximum absolute atomic E-state index is 10.7. The van der Waals surface area contributed by atoms with E-state index in [1.165, 1.54) is 0 Å². The fraction of sp³-hybridized carbons (Fsp3) is 0.818. The van der Waals surface area contributed by atoms with Crippen LogP contribution in [0, 0.1) is 10.1 Å². The minimum atomic E-state index is -1.16. The van der Waals surface area contributed by atoms with Gasteiger partial charge in [0.25, 0.3) is 0 Å². The monoisotopic (exact) mass is 260 g/mol. The van der Waals surface area contributed by atoms with E-state index in [0.29, 0.717) is 12.9 Å². The zero-order chi connectivity index (χ0) is 14.0. The Balaban J connectivity index is 4.16. The van der Waals surface area contributed by atoms with E-state index >= 15 is 0 Å². The summed E-state index contributed by atoms with van der Waals surface area (Å²) in [6, 6.07) is -1.16. The van der Waals surface area contributed by atoms with Crippen LogP contribution < -0.4 is 5.73 Å². The predicted octanol–water partition coefficient (Wildman–Crippen LogP) is 0.672. The Morgan fingerprint density at radius 2 is 2.17 bits per heavy atom. The molecule has 7 nitrogen and oxygen atoms in total. The molecule has 0 heterocycles. The van der Waals surface area contributed by atoms with Gasteiger partial charge in [0.15, 0.2) is 0 Å². The lowest BCUT2D eigenvalue weighted by molar-refractivity contribution is -0.523. The number of nitro groups is 1. The minimum Gasteiger partial charge on any atom is -0.370 e. The SMILES string of the molecule is CCCCCOC(C=O)CC(CC(N)=O)[N+](=O)[O-]. The number of hydrogen-bond acceptors (Lipinski definition) is 5. The number of amides is 1. The summed E-state index contributed by atoms with van der Waals surface area (Å²) in [5.74, 6) is -0.757. The fourth-order valence-electron chi connectivity index (χ4n) is 1.49. The number of aldehydes is 1. The van der Waals surface area contributed by atoms with Crippen LogP contribution in [0.4, 0.5) is 0 Å². The Morgan fingerprint density at radius 3 is 2.61 bits per heavy atom. The molecule has 2 atom stereocenters. The third-order valence-corrected chi connectivity index (χ3v) is 2.47. The van der Waals surface area contributed by atoms with Gasteiger partial charge in [0.2, 0.25) is 11.9 Å². The van der Waals surface area contributed by atoms with E-state index in [9.17, 15) is 19.7 Å². The molecular formula is C11H20N2O5. The standard InChI is InChI=1S/C11H20N2O5/c1-2-3-4-5-18-10(8-14)6-9(13(16)17)7-11(12)15/h8-10H,2-7H2,1H3,(H2,12,15). The predicted molar refractivity (Wildman–Crippen MR) is 64.5 cm³/mol. The van der Waals surface area contributed by atoms with Crippen molar-refractivity contribution in [2.24, 2.45) is 5.73 Å². The van der Waals surface area contributed by atoms with Gasteiger partial charge in [0, 0.05) is 18.0 Å². The Bertz CT molecular complexity index is 283. The highest BCUT2D eigenvalue weighted by Gasteiger charge is 2.27. The molecule has 0 rings (SSSR count). The Labute approximate surface area is 106 Å². The maximum Gasteiger partial charge on any atom is 0.224 e. The summed E-state index contributed by atoms with van der Waals surface area (Å²) in [7, 11) is 0. The average Bonchev–Trinajstić information content (AvgIpc) is 2.31. The molecule has 2 unspecified atom stereocenters. The third-order valence-electron chi connectivity index (χ3n) is 2.47. The first-order chi connectivity index (χ1) is 8.51. The molecule has 2 N–H and O–H groups in total. The van der Waals surface area contributed by atoms with Gasteiger partial charge < -0.3 is 15.3 Å². The van der Waals surface area contributed by atoms with Crippen LogP contribution in [0.25, 0.3) is 0 Å². The molecule has 0 radical (unpaired) electrons. The van der Waals surface area contributed by atoms with Gasteiger partial charge in [-0.25, -0.2) is 0 Å². The number of nitrogens with two attached hydrogens (primary N) is 1. The molecule has 0 spiro atoms. The van der Waals surface area contributed by atoms with Crippen molar-refractivity contribution in [2.75, 3.05) is 6.61 Å². The summed E-state index contributed by atoms with van der Waals surface area (Å²) in [6.07, 6.45) is 1.99. The van der Waals surface area contributed by atoms with Crippen LogP contribution in [0.5, 0.6) is 0 Å². The molecular weight excluding hydrogens is 240 g/mol. The Kier molecular flexibility index (Phi) is 8.73. The van der Waals surface area contributed by atoms with E-state index in [0.717, 1.165) is 19.3 Å². The van der Waals surface area contributed by atoms with Crippen LogP contribution in [0.3, 0.4) is 0 Å². The van der Waals surface area contributed by atoms with Gasteiger partial charge in [-0.2, -0.15) is 0 Å². The van der Waals surface area contributed by atoms with Gasteiger partial charge in [0.05, 0.1) is 6.42 Å². The first-order valence-corrected chi connectivity index (χ1v) is 5.99. The number of nitrogens with zero attached hydrogens (tertiary/aromatic N) is 1. The first kappa shape index (κ1) is 16.5. The van der Waals surface area contributed by atoms with Crippen LogP contribution >= 0.6 is 0 Å². The number of unbranched alkanes of at least 4 members (excludes halogenated alkanes) is 2. The molecule has 0 aromatic carbocycles. The van der Waals surface area contributed by atoms with Crippen molar-refractivity contribution in [1.29, 1.82) is 0 Å². The van der Waals surface area contributed by atoms with E-state index < -0.39 is 23.0 Å². The van der Waals surface area contributed by atoms with Crippen molar-refractivity contribution in [1.82, 2.24) is 0 Å². The highest BCUT2D eigenvalue weighted by molar-refractivity contribution is 5.74. The zero-order valence-corrected chi connectivity index (χ0v) is 10.5. The van der Waals surface area contributed by atoms with Crippen molar-refractivity contribution in [2.45, 2.75) is 51.2 Å². The van der Waals surface area contributed by atoms with E-state index in [1.807, 2.05) is 6.92 Å². The van der Waals surface area contributed by atoms with E-state index in [-0.39, 0.29) is 12.8 Å². The summed E-state index contributed by atoms with van der Waals surface area (Å²) in [5.41, 5.74) is 4.92. The minimum absolute atomic E-state index is 0.119. The van der Waals surface area contributed by atoms with Gasteiger partial charge in [0.1, 0.15) is 12.4 Å². The molecule has 0 aliphatic heterocycles. The maximum atomic E-state index is 10.7. The Morgan fingerprint density at radius 1 is 1.50 bits per heavy atom. The van der Waals surface area contributed by atoms with E-state index in [1.54, 1.807) is 0 Å². The van der Waals surface area contributed by atoms with Gasteiger partial charge in [-0.1, -0.05) is 19.8 Å². The molecule has 7 heteroatoms. The molecule has 0 aromatic rings. The van der Waals surface area contributed by atoms with Crippen molar-refractivity contribution in [3.05, 3.63) is 10.1 Å². The second kappa shape index (κ2) is 9.52. The Hall–Kier alpha value is -1.50. The topological polar surface area (TPSA) is 113 Å². The van der Waals surface area contributed by atoms with Crippen molar-refractivity contribution < 1.29 is 19.2 Å². The molecule has 0 saturated carbocycles. The number of rotatable bonds is 11. The second-order valence-corrected chi connectivity index (χ2v) is 4.10. The second-order valence-electron chi connectivity index (χ2n) is 4.10. The highest BCUT2D eigenvalue weighted by Crippen LogP contribution is 2.09. The summed E-state index contributed by atoms with van der Waals surface area (Å²) in [4.78, 5) is 31.5. The molecule has 0 aliphatic rings. The summed E-state index contributed by atoms with van der Waals surface area (Å²) >= 11 is 0.